The Kier molecular flexibility index (Phi) is 5.63. The Bertz CT molecular complexity index is 442. The highest BCUT2D eigenvalue weighted by molar-refractivity contribution is 7.15. The summed E-state index contributed by atoms with van der Waals surface area (Å²) in [6.07, 6.45) is 1.25. The minimum atomic E-state index is 0.155. The molecule has 0 atom stereocenters. The second-order valence-electron chi connectivity index (χ2n) is 6.94. The van der Waals surface area contributed by atoms with E-state index in [9.17, 15) is 0 Å². The molecule has 0 amide bonds. The molecule has 0 unspecified atom stereocenters. The smallest absolute Gasteiger partial charge is 0.185 e. The molecule has 0 aromatic carbocycles. The van der Waals surface area contributed by atoms with Crippen LogP contribution in [0.5, 0.6) is 0 Å². The Morgan fingerprint density at radius 2 is 1.86 bits per heavy atom. The number of thiazole rings is 1. The molecule has 21 heavy (non-hydrogen) atoms. The minimum absolute atomic E-state index is 0.155. The van der Waals surface area contributed by atoms with Crippen molar-refractivity contribution in [2.24, 2.45) is 0 Å². The van der Waals surface area contributed by atoms with E-state index in [2.05, 4.69) is 49.7 Å². The van der Waals surface area contributed by atoms with Crippen molar-refractivity contribution in [3.05, 3.63) is 10.6 Å². The molecule has 4 nitrogen and oxygen atoms in total. The first-order chi connectivity index (χ1) is 9.89. The molecule has 0 spiro atoms. The zero-order valence-electron chi connectivity index (χ0n) is 14.2. The van der Waals surface area contributed by atoms with E-state index in [1.807, 2.05) is 11.3 Å². The maximum atomic E-state index is 4.79. The van der Waals surface area contributed by atoms with E-state index in [-0.39, 0.29) is 5.54 Å². The van der Waals surface area contributed by atoms with E-state index in [1.54, 1.807) is 0 Å². The van der Waals surface area contributed by atoms with E-state index in [0.29, 0.717) is 0 Å². The number of nitrogens with zero attached hydrogens (tertiary/aromatic N) is 3. The van der Waals surface area contributed by atoms with Crippen LogP contribution in [0, 0.1) is 6.92 Å². The first kappa shape index (κ1) is 16.7. The summed E-state index contributed by atoms with van der Waals surface area (Å²) in [5.41, 5.74) is 1.34. The van der Waals surface area contributed by atoms with Gasteiger partial charge in [-0.3, -0.25) is 4.90 Å². The van der Waals surface area contributed by atoms with Crippen molar-refractivity contribution in [2.75, 3.05) is 37.6 Å². The van der Waals surface area contributed by atoms with Crippen molar-refractivity contribution in [2.45, 2.75) is 53.1 Å². The van der Waals surface area contributed by atoms with Crippen LogP contribution in [0.3, 0.4) is 0 Å². The number of anilines is 1. The Balaban J connectivity index is 1.93. The molecule has 1 fully saturated rings. The van der Waals surface area contributed by atoms with Crippen molar-refractivity contribution in [3.63, 3.8) is 0 Å². The third-order valence-corrected chi connectivity index (χ3v) is 5.06. The SMILES string of the molecule is CCCN1CCN(c2nc(C)c(CNC(C)(C)C)s2)CC1. The molecule has 1 aromatic rings. The predicted molar refractivity (Wildman–Crippen MR) is 92.4 cm³/mol. The lowest BCUT2D eigenvalue weighted by molar-refractivity contribution is 0.258. The molecule has 0 aliphatic carbocycles. The lowest BCUT2D eigenvalue weighted by Crippen LogP contribution is -2.46. The molecule has 5 heteroatoms. The molecule has 1 aliphatic heterocycles. The van der Waals surface area contributed by atoms with Gasteiger partial charge in [-0.1, -0.05) is 6.92 Å². The highest BCUT2D eigenvalue weighted by Gasteiger charge is 2.20. The van der Waals surface area contributed by atoms with Crippen LogP contribution >= 0.6 is 11.3 Å². The summed E-state index contributed by atoms with van der Waals surface area (Å²) >= 11 is 1.86. The monoisotopic (exact) mass is 310 g/mol. The van der Waals surface area contributed by atoms with Crippen LogP contribution in [0.25, 0.3) is 0 Å². The van der Waals surface area contributed by atoms with Gasteiger partial charge < -0.3 is 10.2 Å². The van der Waals surface area contributed by atoms with Gasteiger partial charge in [0.15, 0.2) is 5.13 Å². The third kappa shape index (κ3) is 4.94. The number of aromatic nitrogens is 1. The molecule has 2 rings (SSSR count). The summed E-state index contributed by atoms with van der Waals surface area (Å²) in [5.74, 6) is 0. The van der Waals surface area contributed by atoms with E-state index in [0.717, 1.165) is 19.6 Å². The normalized spacial score (nSPS) is 17.5. The average molecular weight is 311 g/mol. The molecular weight excluding hydrogens is 280 g/mol. The van der Waals surface area contributed by atoms with Crippen LogP contribution in [-0.2, 0) is 6.54 Å². The van der Waals surface area contributed by atoms with Gasteiger partial charge in [-0.2, -0.15) is 0 Å². The molecule has 0 radical (unpaired) electrons. The highest BCUT2D eigenvalue weighted by Crippen LogP contribution is 2.27. The van der Waals surface area contributed by atoms with Gasteiger partial charge in [0, 0.05) is 43.1 Å². The number of piperazine rings is 1. The number of aryl methyl sites for hydroxylation is 1. The summed E-state index contributed by atoms with van der Waals surface area (Å²) in [6.45, 7) is 17.7. The van der Waals surface area contributed by atoms with E-state index < -0.39 is 0 Å². The van der Waals surface area contributed by atoms with Crippen molar-refractivity contribution in [3.8, 4) is 0 Å². The molecule has 1 aromatic heterocycles. The van der Waals surface area contributed by atoms with Crippen LogP contribution in [0.4, 0.5) is 5.13 Å². The van der Waals surface area contributed by atoms with Crippen molar-refractivity contribution in [1.82, 2.24) is 15.2 Å². The standard InChI is InChI=1S/C16H30N4S/c1-6-7-19-8-10-20(11-9-19)15-18-13(2)14(21-15)12-17-16(3,4)5/h17H,6-12H2,1-5H3. The van der Waals surface area contributed by atoms with E-state index in [1.165, 1.54) is 41.8 Å². The topological polar surface area (TPSA) is 31.4 Å². The molecule has 1 N–H and O–H groups in total. The molecule has 1 saturated heterocycles. The van der Waals surface area contributed by atoms with Crippen LogP contribution < -0.4 is 10.2 Å². The van der Waals surface area contributed by atoms with Crippen LogP contribution in [-0.4, -0.2) is 48.1 Å². The summed E-state index contributed by atoms with van der Waals surface area (Å²) in [5, 5.41) is 4.77. The Hall–Kier alpha value is -0.650. The number of hydrogen-bond acceptors (Lipinski definition) is 5. The first-order valence-electron chi connectivity index (χ1n) is 8.07. The minimum Gasteiger partial charge on any atom is -0.346 e. The second kappa shape index (κ2) is 7.07. The van der Waals surface area contributed by atoms with Crippen LogP contribution in [0.2, 0.25) is 0 Å². The second-order valence-corrected chi connectivity index (χ2v) is 8.00. The average Bonchev–Trinajstić information content (AvgIpc) is 2.78. The molecule has 0 saturated carbocycles. The van der Waals surface area contributed by atoms with Gasteiger partial charge in [-0.15, -0.1) is 11.3 Å². The van der Waals surface area contributed by atoms with Gasteiger partial charge in [-0.05, 0) is 40.7 Å². The number of nitrogens with one attached hydrogen (secondary N) is 1. The molecule has 120 valence electrons. The van der Waals surface area contributed by atoms with Gasteiger partial charge in [0.2, 0.25) is 0 Å². The van der Waals surface area contributed by atoms with Crippen molar-refractivity contribution >= 4 is 16.5 Å². The molecule has 1 aliphatic rings. The molecule has 0 bridgehead atoms. The highest BCUT2D eigenvalue weighted by atomic mass is 32.1. The fourth-order valence-corrected chi connectivity index (χ4v) is 3.59. The summed E-state index contributed by atoms with van der Waals surface area (Å²) < 4.78 is 0. The largest absolute Gasteiger partial charge is 0.346 e. The quantitative estimate of drug-likeness (QED) is 0.906. The van der Waals surface area contributed by atoms with Crippen LogP contribution in [0.15, 0.2) is 0 Å². The van der Waals surface area contributed by atoms with E-state index in [4.69, 9.17) is 4.98 Å². The number of rotatable bonds is 5. The Labute approximate surface area is 133 Å². The van der Waals surface area contributed by atoms with Crippen molar-refractivity contribution < 1.29 is 0 Å². The number of hydrogen-bond donors (Lipinski definition) is 1. The van der Waals surface area contributed by atoms with Gasteiger partial charge in [-0.25, -0.2) is 4.98 Å². The lowest BCUT2D eigenvalue weighted by Gasteiger charge is -2.34. The fourth-order valence-electron chi connectivity index (χ4n) is 2.54. The zero-order valence-corrected chi connectivity index (χ0v) is 15.0. The zero-order chi connectivity index (χ0) is 15.5. The maximum absolute atomic E-state index is 4.79. The van der Waals surface area contributed by atoms with Gasteiger partial charge >= 0.3 is 0 Å². The lowest BCUT2D eigenvalue weighted by atomic mass is 10.1. The predicted octanol–water partition coefficient (Wildman–Crippen LogP) is 2.87. The summed E-state index contributed by atoms with van der Waals surface area (Å²) in [4.78, 5) is 11.2. The van der Waals surface area contributed by atoms with Gasteiger partial charge in [0.05, 0.1) is 5.69 Å². The Morgan fingerprint density at radius 3 is 2.43 bits per heavy atom. The fraction of sp³-hybridized carbons (Fsp3) is 0.812. The van der Waals surface area contributed by atoms with E-state index >= 15 is 0 Å². The maximum Gasteiger partial charge on any atom is 0.185 e. The van der Waals surface area contributed by atoms with Gasteiger partial charge in [0.25, 0.3) is 0 Å². The summed E-state index contributed by atoms with van der Waals surface area (Å²) in [6, 6.07) is 0. The third-order valence-electron chi connectivity index (χ3n) is 3.84. The molecule has 2 heterocycles. The van der Waals surface area contributed by atoms with Gasteiger partial charge in [0.1, 0.15) is 0 Å². The Morgan fingerprint density at radius 1 is 1.19 bits per heavy atom. The first-order valence-corrected chi connectivity index (χ1v) is 8.89. The van der Waals surface area contributed by atoms with Crippen LogP contribution in [0.1, 0.15) is 44.7 Å². The molecular formula is C16H30N4S. The summed E-state index contributed by atoms with van der Waals surface area (Å²) in [7, 11) is 0. The van der Waals surface area contributed by atoms with Crippen molar-refractivity contribution in [1.29, 1.82) is 0 Å².